The predicted molar refractivity (Wildman–Crippen MR) is 142 cm³/mol. The van der Waals surface area contributed by atoms with Gasteiger partial charge >= 0.3 is 0 Å². The standard InChI is InChI=1S/C24H18ClN5O2S3/c25-19-7-6-18(35-19)17-14-33-20(28-17)12-16(31)13-34-24-29-22-21(26-9-10-27-22)23(32)30(24)11-8-15-4-2-1-3-5-15/h1-7,9-10,14H,8,11-13H2. The normalized spacial score (nSPS) is 11.2. The molecule has 0 spiro atoms. The number of Topliss-reactive ketones (excluding diaryl/α,β-unsaturated/α-hetero) is 1. The number of thiophene rings is 1. The van der Waals surface area contributed by atoms with Crippen molar-refractivity contribution in [3.05, 3.63) is 85.5 Å². The zero-order chi connectivity index (χ0) is 24.2. The molecule has 1 aromatic carbocycles. The number of fused-ring (bicyclic) bond motifs is 1. The van der Waals surface area contributed by atoms with Crippen LogP contribution in [0.15, 0.2) is 70.2 Å². The Bertz CT molecular complexity index is 1550. The van der Waals surface area contributed by atoms with Crippen LogP contribution in [-0.2, 0) is 24.2 Å². The number of hydrogen-bond acceptors (Lipinski definition) is 9. The average molecular weight is 540 g/mol. The van der Waals surface area contributed by atoms with Gasteiger partial charge < -0.3 is 0 Å². The van der Waals surface area contributed by atoms with E-state index in [4.69, 9.17) is 11.6 Å². The smallest absolute Gasteiger partial charge is 0.282 e. The van der Waals surface area contributed by atoms with Crippen molar-refractivity contribution in [2.24, 2.45) is 0 Å². The van der Waals surface area contributed by atoms with Crippen molar-refractivity contribution in [2.75, 3.05) is 5.75 Å². The summed E-state index contributed by atoms with van der Waals surface area (Å²) in [4.78, 5) is 44.4. The first kappa shape index (κ1) is 23.8. The SMILES string of the molecule is O=C(CSc1nc2nccnc2c(=O)n1CCc1ccccc1)Cc1nc(-c2ccc(Cl)s2)cs1. The molecule has 0 radical (unpaired) electrons. The number of rotatable bonds is 9. The Morgan fingerprint density at radius 2 is 1.89 bits per heavy atom. The first-order chi connectivity index (χ1) is 17.1. The summed E-state index contributed by atoms with van der Waals surface area (Å²) in [5, 5.41) is 3.14. The van der Waals surface area contributed by atoms with Crippen molar-refractivity contribution < 1.29 is 4.79 Å². The molecule has 176 valence electrons. The van der Waals surface area contributed by atoms with Crippen LogP contribution in [0.25, 0.3) is 21.7 Å². The minimum Gasteiger partial charge on any atom is -0.298 e. The molecule has 0 aliphatic carbocycles. The molecule has 7 nitrogen and oxygen atoms in total. The molecule has 5 rings (SSSR count). The van der Waals surface area contributed by atoms with Crippen molar-refractivity contribution in [3.8, 4) is 10.6 Å². The van der Waals surface area contributed by atoms with Crippen LogP contribution < -0.4 is 5.56 Å². The van der Waals surface area contributed by atoms with E-state index in [1.165, 1.54) is 46.8 Å². The molecule has 5 aromatic rings. The molecule has 0 fully saturated rings. The molecule has 4 heterocycles. The molecule has 0 saturated carbocycles. The number of aromatic nitrogens is 5. The minimum absolute atomic E-state index is 0.00298. The van der Waals surface area contributed by atoms with Gasteiger partial charge in [-0.05, 0) is 24.1 Å². The van der Waals surface area contributed by atoms with E-state index < -0.39 is 0 Å². The summed E-state index contributed by atoms with van der Waals surface area (Å²) in [6.45, 7) is 0.429. The molecule has 0 N–H and O–H groups in total. The fourth-order valence-corrected chi connectivity index (χ4v) is 6.22. The summed E-state index contributed by atoms with van der Waals surface area (Å²) in [5.74, 6) is 0.173. The van der Waals surface area contributed by atoms with Gasteiger partial charge in [-0.15, -0.1) is 22.7 Å². The van der Waals surface area contributed by atoms with E-state index in [1.54, 1.807) is 4.57 Å². The summed E-state index contributed by atoms with van der Waals surface area (Å²) in [7, 11) is 0. The fourth-order valence-electron chi connectivity index (χ4n) is 3.44. The number of ketones is 1. The third-order valence-corrected chi connectivity index (χ3v) is 8.25. The largest absolute Gasteiger partial charge is 0.298 e. The molecule has 0 amide bonds. The number of thiazole rings is 1. The van der Waals surface area contributed by atoms with Gasteiger partial charge in [0.05, 0.1) is 27.1 Å². The molecule has 11 heteroatoms. The Morgan fingerprint density at radius 3 is 2.69 bits per heavy atom. The summed E-state index contributed by atoms with van der Waals surface area (Å²) < 4.78 is 2.29. The van der Waals surface area contributed by atoms with Crippen molar-refractivity contribution in [1.29, 1.82) is 0 Å². The van der Waals surface area contributed by atoms with Gasteiger partial charge in [-0.3, -0.25) is 14.2 Å². The predicted octanol–water partition coefficient (Wildman–Crippen LogP) is 5.17. The first-order valence-corrected chi connectivity index (χ1v) is 13.7. The van der Waals surface area contributed by atoms with E-state index in [-0.39, 0.29) is 34.7 Å². The number of nitrogens with zero attached hydrogens (tertiary/aromatic N) is 5. The van der Waals surface area contributed by atoms with Gasteiger partial charge in [-0.25, -0.2) is 19.9 Å². The number of halogens is 1. The fraction of sp³-hybridized carbons (Fsp3) is 0.167. The first-order valence-electron chi connectivity index (χ1n) is 10.7. The molecule has 0 aliphatic heterocycles. The second-order valence-electron chi connectivity index (χ2n) is 7.55. The second kappa shape index (κ2) is 10.8. The Morgan fingerprint density at radius 1 is 1.06 bits per heavy atom. The molecular formula is C24H18ClN5O2S3. The monoisotopic (exact) mass is 539 g/mol. The lowest BCUT2D eigenvalue weighted by molar-refractivity contribution is -0.116. The molecule has 0 aliphatic rings. The Hall–Kier alpha value is -2.92. The molecule has 0 atom stereocenters. The Balaban J connectivity index is 1.32. The van der Waals surface area contributed by atoms with Crippen LogP contribution in [0.5, 0.6) is 0 Å². The highest BCUT2D eigenvalue weighted by Gasteiger charge is 2.16. The highest BCUT2D eigenvalue weighted by atomic mass is 35.5. The molecule has 0 saturated heterocycles. The molecule has 0 bridgehead atoms. The van der Waals surface area contributed by atoms with E-state index in [0.717, 1.165) is 21.1 Å². The molecule has 4 aromatic heterocycles. The summed E-state index contributed by atoms with van der Waals surface area (Å²) in [5.41, 5.74) is 2.18. The number of hydrogen-bond donors (Lipinski definition) is 0. The third kappa shape index (κ3) is 5.67. The van der Waals surface area contributed by atoms with Gasteiger partial charge in [0.15, 0.2) is 16.3 Å². The summed E-state index contributed by atoms with van der Waals surface area (Å²) in [6.07, 6.45) is 3.86. The van der Waals surface area contributed by atoms with E-state index in [1.807, 2.05) is 47.8 Å². The Kier molecular flexibility index (Phi) is 7.33. The summed E-state index contributed by atoms with van der Waals surface area (Å²) in [6, 6.07) is 13.7. The topological polar surface area (TPSA) is 90.6 Å². The zero-order valence-electron chi connectivity index (χ0n) is 18.3. The van der Waals surface area contributed by atoms with Crippen molar-refractivity contribution in [2.45, 2.75) is 24.5 Å². The maximum absolute atomic E-state index is 13.2. The summed E-state index contributed by atoms with van der Waals surface area (Å²) >= 11 is 10.2. The third-order valence-electron chi connectivity index (χ3n) is 5.11. The van der Waals surface area contributed by atoms with Crippen LogP contribution in [0.2, 0.25) is 4.34 Å². The highest BCUT2D eigenvalue weighted by molar-refractivity contribution is 7.99. The number of carbonyl (C=O) groups excluding carboxylic acids is 1. The number of benzene rings is 1. The van der Waals surface area contributed by atoms with Gasteiger partial charge in [-0.2, -0.15) is 0 Å². The highest BCUT2D eigenvalue weighted by Crippen LogP contribution is 2.31. The maximum atomic E-state index is 13.2. The van der Waals surface area contributed by atoms with E-state index >= 15 is 0 Å². The van der Waals surface area contributed by atoms with Crippen LogP contribution in [0.4, 0.5) is 0 Å². The van der Waals surface area contributed by atoms with Gasteiger partial charge in [0.2, 0.25) is 0 Å². The van der Waals surface area contributed by atoms with E-state index in [2.05, 4.69) is 19.9 Å². The molecular weight excluding hydrogens is 522 g/mol. The zero-order valence-corrected chi connectivity index (χ0v) is 21.5. The number of thioether (sulfide) groups is 1. The maximum Gasteiger partial charge on any atom is 0.282 e. The van der Waals surface area contributed by atoms with Crippen LogP contribution in [0.3, 0.4) is 0 Å². The number of carbonyl (C=O) groups is 1. The molecule has 0 unspecified atom stereocenters. The van der Waals surface area contributed by atoms with E-state index in [9.17, 15) is 9.59 Å². The van der Waals surface area contributed by atoms with Gasteiger partial charge in [0.1, 0.15) is 10.8 Å². The van der Waals surface area contributed by atoms with Gasteiger partial charge in [0.25, 0.3) is 5.56 Å². The van der Waals surface area contributed by atoms with E-state index in [0.29, 0.717) is 22.5 Å². The van der Waals surface area contributed by atoms with Crippen LogP contribution >= 0.6 is 46.0 Å². The lowest BCUT2D eigenvalue weighted by Crippen LogP contribution is -2.25. The number of aryl methyl sites for hydroxylation is 1. The van der Waals surface area contributed by atoms with Crippen molar-refractivity contribution in [3.63, 3.8) is 0 Å². The van der Waals surface area contributed by atoms with Crippen LogP contribution in [0.1, 0.15) is 10.6 Å². The molecule has 35 heavy (non-hydrogen) atoms. The van der Waals surface area contributed by atoms with Crippen molar-refractivity contribution >= 4 is 63.0 Å². The van der Waals surface area contributed by atoms with Crippen LogP contribution in [-0.4, -0.2) is 36.0 Å². The lowest BCUT2D eigenvalue weighted by atomic mass is 10.1. The average Bonchev–Trinajstić information content (AvgIpc) is 3.52. The van der Waals surface area contributed by atoms with Crippen molar-refractivity contribution in [1.82, 2.24) is 24.5 Å². The second-order valence-corrected chi connectivity index (χ2v) is 11.1. The minimum atomic E-state index is -0.256. The van der Waals surface area contributed by atoms with Crippen LogP contribution in [0, 0.1) is 0 Å². The Labute approximate surface area is 217 Å². The van der Waals surface area contributed by atoms with Gasteiger partial charge in [-0.1, -0.05) is 53.7 Å². The quantitative estimate of drug-likeness (QED) is 0.188. The lowest BCUT2D eigenvalue weighted by Gasteiger charge is -2.12. The van der Waals surface area contributed by atoms with Gasteiger partial charge in [0, 0.05) is 24.3 Å².